The molecule has 0 spiro atoms. The van der Waals surface area contributed by atoms with Gasteiger partial charge < -0.3 is 10.4 Å². The van der Waals surface area contributed by atoms with Gasteiger partial charge in [-0.3, -0.25) is 14.9 Å². The van der Waals surface area contributed by atoms with Crippen LogP contribution >= 0.6 is 11.3 Å². The molecule has 1 aromatic carbocycles. The zero-order chi connectivity index (χ0) is 16.3. The van der Waals surface area contributed by atoms with E-state index in [0.29, 0.717) is 0 Å². The van der Waals surface area contributed by atoms with Crippen LogP contribution in [0.5, 0.6) is 0 Å². The van der Waals surface area contributed by atoms with E-state index < -0.39 is 10.5 Å². The van der Waals surface area contributed by atoms with Crippen LogP contribution in [0.4, 0.5) is 11.4 Å². The van der Waals surface area contributed by atoms with Gasteiger partial charge in [0.05, 0.1) is 4.92 Å². The molecule has 0 bridgehead atoms. The van der Waals surface area contributed by atoms with E-state index in [1.165, 1.54) is 36.5 Å². The molecule has 1 heterocycles. The van der Waals surface area contributed by atoms with E-state index in [0.717, 1.165) is 5.56 Å². The summed E-state index contributed by atoms with van der Waals surface area (Å²) in [6.07, 6.45) is 0. The number of ketones is 1. The van der Waals surface area contributed by atoms with E-state index in [-0.39, 0.29) is 29.3 Å². The molecule has 6 nitrogen and oxygen atoms in total. The number of nitro benzene ring substituents is 1. The third-order valence-corrected chi connectivity index (χ3v) is 4.05. The summed E-state index contributed by atoms with van der Waals surface area (Å²) in [5.41, 5.74) is -0.0400. The molecular formula is C15H16N2O4S. The highest BCUT2D eigenvalue weighted by Crippen LogP contribution is 2.28. The highest BCUT2D eigenvalue weighted by molar-refractivity contribution is 7.08. The third kappa shape index (κ3) is 3.49. The molecule has 0 radical (unpaired) electrons. The number of Topliss-reactive ketones (excluding diaryl/α,β-unsaturated/α-hetero) is 1. The van der Waals surface area contributed by atoms with Crippen LogP contribution in [0.1, 0.15) is 29.8 Å². The fraction of sp³-hybridized carbons (Fsp3) is 0.267. The number of benzene rings is 1. The Labute approximate surface area is 131 Å². The molecule has 1 atom stereocenters. The molecule has 0 aliphatic heterocycles. The number of nitro groups is 1. The van der Waals surface area contributed by atoms with E-state index in [1.807, 2.05) is 10.8 Å². The Hall–Kier alpha value is -2.25. The van der Waals surface area contributed by atoms with E-state index in [2.05, 4.69) is 5.32 Å². The molecule has 0 aliphatic carbocycles. The molecule has 22 heavy (non-hydrogen) atoms. The number of anilines is 1. The van der Waals surface area contributed by atoms with Crippen LogP contribution in [0.2, 0.25) is 0 Å². The van der Waals surface area contributed by atoms with Gasteiger partial charge in [-0.2, -0.15) is 11.3 Å². The number of carbonyl (C=O) groups excluding carboxylic acids is 1. The summed E-state index contributed by atoms with van der Waals surface area (Å²) in [6.45, 7) is 3.11. The number of aliphatic hydroxyl groups is 1. The lowest BCUT2D eigenvalue weighted by atomic mass is 9.99. The average molecular weight is 320 g/mol. The maximum atomic E-state index is 11.3. The number of thiophene rings is 1. The van der Waals surface area contributed by atoms with Crippen LogP contribution < -0.4 is 5.32 Å². The largest absolute Gasteiger partial charge is 0.384 e. The van der Waals surface area contributed by atoms with Crippen LogP contribution in [0.25, 0.3) is 0 Å². The topological polar surface area (TPSA) is 92.5 Å². The molecule has 0 aliphatic rings. The van der Waals surface area contributed by atoms with Gasteiger partial charge in [0.2, 0.25) is 0 Å². The summed E-state index contributed by atoms with van der Waals surface area (Å²) in [5.74, 6) is -0.236. The second-order valence-corrected chi connectivity index (χ2v) is 5.96. The molecule has 2 aromatic rings. The minimum absolute atomic E-state index is 0.115. The zero-order valence-corrected chi connectivity index (χ0v) is 13.0. The second-order valence-electron chi connectivity index (χ2n) is 5.18. The Morgan fingerprint density at radius 1 is 1.45 bits per heavy atom. The monoisotopic (exact) mass is 320 g/mol. The van der Waals surface area contributed by atoms with Gasteiger partial charge in [-0.15, -0.1) is 0 Å². The van der Waals surface area contributed by atoms with Gasteiger partial charge >= 0.3 is 0 Å². The Morgan fingerprint density at radius 2 is 2.18 bits per heavy atom. The molecule has 116 valence electrons. The summed E-state index contributed by atoms with van der Waals surface area (Å²) >= 11 is 1.47. The van der Waals surface area contributed by atoms with Crippen molar-refractivity contribution < 1.29 is 14.8 Å². The summed E-state index contributed by atoms with van der Waals surface area (Å²) in [7, 11) is 0. The number of nitrogens with one attached hydrogen (secondary N) is 1. The lowest BCUT2D eigenvalue weighted by Gasteiger charge is -2.23. The van der Waals surface area contributed by atoms with Crippen molar-refractivity contribution in [3.05, 3.63) is 56.3 Å². The molecule has 1 aromatic heterocycles. The molecule has 7 heteroatoms. The first-order valence-corrected chi connectivity index (χ1v) is 7.54. The average Bonchev–Trinajstić information content (AvgIpc) is 2.99. The summed E-state index contributed by atoms with van der Waals surface area (Å²) in [4.78, 5) is 21.9. The Bertz CT molecular complexity index is 696. The minimum Gasteiger partial charge on any atom is -0.384 e. The van der Waals surface area contributed by atoms with Gasteiger partial charge in [0.15, 0.2) is 5.78 Å². The highest BCUT2D eigenvalue weighted by atomic mass is 32.1. The smallest absolute Gasteiger partial charge is 0.293 e. The van der Waals surface area contributed by atoms with Crippen LogP contribution in [0, 0.1) is 10.1 Å². The highest BCUT2D eigenvalue weighted by Gasteiger charge is 2.25. The van der Waals surface area contributed by atoms with Crippen molar-refractivity contribution in [2.75, 3.05) is 11.9 Å². The summed E-state index contributed by atoms with van der Waals surface area (Å²) < 4.78 is 0. The Morgan fingerprint density at radius 3 is 2.73 bits per heavy atom. The number of carbonyl (C=O) groups is 1. The fourth-order valence-electron chi connectivity index (χ4n) is 1.99. The lowest BCUT2D eigenvalue weighted by molar-refractivity contribution is -0.384. The van der Waals surface area contributed by atoms with Crippen molar-refractivity contribution in [1.29, 1.82) is 0 Å². The first-order valence-electron chi connectivity index (χ1n) is 6.59. The van der Waals surface area contributed by atoms with E-state index >= 15 is 0 Å². The first kappa shape index (κ1) is 16.1. The summed E-state index contributed by atoms with van der Waals surface area (Å²) in [6, 6.07) is 6.05. The van der Waals surface area contributed by atoms with Gasteiger partial charge in [0.1, 0.15) is 11.3 Å². The van der Waals surface area contributed by atoms with Gasteiger partial charge in [0, 0.05) is 18.2 Å². The van der Waals surface area contributed by atoms with E-state index in [9.17, 15) is 20.0 Å². The third-order valence-electron chi connectivity index (χ3n) is 3.37. The molecule has 0 amide bonds. The van der Waals surface area contributed by atoms with Gasteiger partial charge in [-0.25, -0.2) is 0 Å². The van der Waals surface area contributed by atoms with E-state index in [1.54, 1.807) is 13.0 Å². The van der Waals surface area contributed by atoms with Gasteiger partial charge in [-0.1, -0.05) is 0 Å². The quantitative estimate of drug-likeness (QED) is 0.484. The maximum Gasteiger partial charge on any atom is 0.293 e. The Balaban J connectivity index is 2.22. The van der Waals surface area contributed by atoms with E-state index in [4.69, 9.17) is 0 Å². The number of rotatable bonds is 6. The molecule has 2 rings (SSSR count). The molecule has 0 fully saturated rings. The van der Waals surface area contributed by atoms with Crippen molar-refractivity contribution in [3.8, 4) is 0 Å². The zero-order valence-electron chi connectivity index (χ0n) is 12.2. The number of nitrogens with zero attached hydrogens (tertiary/aromatic N) is 1. The van der Waals surface area contributed by atoms with Gasteiger partial charge in [0.25, 0.3) is 5.69 Å². The normalized spacial score (nSPS) is 13.4. The van der Waals surface area contributed by atoms with Crippen molar-refractivity contribution in [1.82, 2.24) is 0 Å². The van der Waals surface area contributed by atoms with Crippen molar-refractivity contribution in [2.45, 2.75) is 19.4 Å². The lowest BCUT2D eigenvalue weighted by Crippen LogP contribution is -2.30. The second kappa shape index (κ2) is 6.25. The standard InChI is InChI=1S/C15H16N2O4S/c1-10(18)11-3-4-13(14(7-11)17(20)21)16-9-15(2,19)12-5-6-22-8-12/h3-8,16,19H,9H2,1-2H3/t15-/m0/s1. The molecule has 0 unspecified atom stereocenters. The predicted octanol–water partition coefficient (Wildman–Crippen LogP) is 3.18. The minimum atomic E-state index is -1.15. The van der Waals surface area contributed by atoms with Gasteiger partial charge in [-0.05, 0) is 48.4 Å². The van der Waals surface area contributed by atoms with Crippen LogP contribution in [0.3, 0.4) is 0 Å². The van der Waals surface area contributed by atoms with Crippen LogP contribution in [-0.2, 0) is 5.60 Å². The van der Waals surface area contributed by atoms with Crippen LogP contribution in [-0.4, -0.2) is 22.4 Å². The van der Waals surface area contributed by atoms with Crippen molar-refractivity contribution in [3.63, 3.8) is 0 Å². The summed E-state index contributed by atoms with van der Waals surface area (Å²) in [5, 5.41) is 28.1. The number of hydrogen-bond donors (Lipinski definition) is 2. The Kier molecular flexibility index (Phi) is 4.58. The first-order chi connectivity index (χ1) is 10.3. The molecule has 2 N–H and O–H groups in total. The molecular weight excluding hydrogens is 304 g/mol. The predicted molar refractivity (Wildman–Crippen MR) is 85.5 cm³/mol. The fourth-order valence-corrected chi connectivity index (χ4v) is 2.77. The molecule has 0 saturated heterocycles. The maximum absolute atomic E-state index is 11.3. The SMILES string of the molecule is CC(=O)c1ccc(NC[C@](C)(O)c2ccsc2)c([N+](=O)[O-])c1. The van der Waals surface area contributed by atoms with Crippen molar-refractivity contribution >= 4 is 28.5 Å². The van der Waals surface area contributed by atoms with Crippen molar-refractivity contribution in [2.24, 2.45) is 0 Å². The van der Waals surface area contributed by atoms with Crippen LogP contribution in [0.15, 0.2) is 35.0 Å². The molecule has 0 saturated carbocycles. The number of hydrogen-bond acceptors (Lipinski definition) is 6.